The summed E-state index contributed by atoms with van der Waals surface area (Å²) in [5, 5.41) is 6.04. The van der Waals surface area contributed by atoms with E-state index in [0.717, 1.165) is 49.6 Å². The second kappa shape index (κ2) is 8.44. The van der Waals surface area contributed by atoms with Gasteiger partial charge in [0.1, 0.15) is 5.75 Å². The van der Waals surface area contributed by atoms with Crippen LogP contribution < -0.4 is 14.5 Å². The molecule has 1 amide bonds. The Morgan fingerprint density at radius 2 is 1.82 bits per heavy atom. The van der Waals surface area contributed by atoms with Gasteiger partial charge in [0.25, 0.3) is 5.91 Å². The summed E-state index contributed by atoms with van der Waals surface area (Å²) in [7, 11) is 1.71. The minimum Gasteiger partial charge on any atom is -0.495 e. The van der Waals surface area contributed by atoms with Crippen LogP contribution in [0.4, 0.5) is 5.69 Å². The maximum absolute atomic E-state index is 12.9. The van der Waals surface area contributed by atoms with Gasteiger partial charge in [0.05, 0.1) is 45.0 Å². The van der Waals surface area contributed by atoms with Gasteiger partial charge in [0, 0.05) is 12.6 Å². The van der Waals surface area contributed by atoms with E-state index in [2.05, 4.69) is 28.2 Å². The molecule has 6 heteroatoms. The van der Waals surface area contributed by atoms with E-state index in [-0.39, 0.29) is 11.9 Å². The van der Waals surface area contributed by atoms with Gasteiger partial charge in [-0.15, -0.1) is 0 Å². The predicted molar refractivity (Wildman–Crippen MR) is 110 cm³/mol. The van der Waals surface area contributed by atoms with E-state index >= 15 is 0 Å². The summed E-state index contributed by atoms with van der Waals surface area (Å²) in [4.78, 5) is 16.6. The van der Waals surface area contributed by atoms with Crippen molar-refractivity contribution in [3.63, 3.8) is 0 Å². The number of piperazine rings is 1. The Balaban J connectivity index is 1.34. The maximum Gasteiger partial charge on any atom is 0.298 e. The van der Waals surface area contributed by atoms with E-state index in [4.69, 9.17) is 4.74 Å². The van der Waals surface area contributed by atoms with Crippen molar-refractivity contribution in [3.8, 4) is 5.75 Å². The molecule has 1 saturated heterocycles. The number of rotatable bonds is 5. The molecule has 2 aromatic carbocycles. The molecule has 0 saturated carbocycles. The molecule has 0 aliphatic carbocycles. The average molecular weight is 379 g/mol. The molecular weight excluding hydrogens is 352 g/mol. The molecule has 2 heterocycles. The number of nitrogens with zero attached hydrogens (tertiary/aromatic N) is 3. The van der Waals surface area contributed by atoms with Gasteiger partial charge in [-0.05, 0) is 17.7 Å². The first-order valence-electron chi connectivity index (χ1n) is 9.87. The first-order valence-corrected chi connectivity index (χ1v) is 9.87. The second-order valence-electron chi connectivity index (χ2n) is 7.28. The molecule has 28 heavy (non-hydrogen) atoms. The molecule has 2 aromatic rings. The van der Waals surface area contributed by atoms with Crippen molar-refractivity contribution in [2.24, 2.45) is 5.10 Å². The van der Waals surface area contributed by atoms with Gasteiger partial charge in [-0.25, -0.2) is 5.01 Å². The molecule has 0 aromatic heterocycles. The Hall–Kier alpha value is -2.86. The number of benzene rings is 2. The number of para-hydroxylation sites is 2. The van der Waals surface area contributed by atoms with Crippen LogP contribution in [0.15, 0.2) is 59.7 Å². The van der Waals surface area contributed by atoms with Gasteiger partial charge in [-0.3, -0.25) is 4.79 Å². The van der Waals surface area contributed by atoms with Crippen molar-refractivity contribution >= 4 is 17.8 Å². The Bertz CT molecular complexity index is 831. The fourth-order valence-corrected chi connectivity index (χ4v) is 4.03. The first kappa shape index (κ1) is 18.5. The van der Waals surface area contributed by atoms with Crippen LogP contribution in [0.3, 0.4) is 0 Å². The number of methoxy groups -OCH3 is 1. The van der Waals surface area contributed by atoms with Crippen molar-refractivity contribution in [1.29, 1.82) is 0 Å². The average Bonchev–Trinajstić information content (AvgIpc) is 3.25. The van der Waals surface area contributed by atoms with Crippen molar-refractivity contribution in [3.05, 3.63) is 60.2 Å². The van der Waals surface area contributed by atoms with Gasteiger partial charge in [0.2, 0.25) is 0 Å². The lowest BCUT2D eigenvalue weighted by Crippen LogP contribution is -3.15. The van der Waals surface area contributed by atoms with E-state index in [9.17, 15) is 4.79 Å². The predicted octanol–water partition coefficient (Wildman–Crippen LogP) is 1.36. The Morgan fingerprint density at radius 1 is 1.11 bits per heavy atom. The summed E-state index contributed by atoms with van der Waals surface area (Å²) in [6.45, 7) is 4.16. The quantitative estimate of drug-likeness (QED) is 0.854. The third-order valence-electron chi connectivity index (χ3n) is 5.57. The molecule has 6 nitrogen and oxygen atoms in total. The fraction of sp³-hybridized carbons (Fsp3) is 0.364. The molecule has 0 unspecified atom stereocenters. The van der Waals surface area contributed by atoms with Crippen molar-refractivity contribution < 1.29 is 14.4 Å². The van der Waals surface area contributed by atoms with E-state index in [1.54, 1.807) is 12.1 Å². The van der Waals surface area contributed by atoms with Crippen LogP contribution in [0.1, 0.15) is 18.0 Å². The summed E-state index contributed by atoms with van der Waals surface area (Å²) in [6.07, 6.45) is 2.64. The highest BCUT2D eigenvalue weighted by molar-refractivity contribution is 5.80. The van der Waals surface area contributed by atoms with E-state index in [1.165, 1.54) is 4.90 Å². The van der Waals surface area contributed by atoms with Crippen molar-refractivity contribution in [2.75, 3.05) is 44.7 Å². The van der Waals surface area contributed by atoms with Crippen LogP contribution in [-0.2, 0) is 4.79 Å². The molecule has 146 valence electrons. The first-order chi connectivity index (χ1) is 13.8. The molecule has 1 atom stereocenters. The normalized spacial score (nSPS) is 19.8. The summed E-state index contributed by atoms with van der Waals surface area (Å²) in [5.74, 6) is 1.00. The zero-order valence-electron chi connectivity index (χ0n) is 16.3. The third kappa shape index (κ3) is 3.87. The summed E-state index contributed by atoms with van der Waals surface area (Å²) < 4.78 is 5.49. The highest BCUT2D eigenvalue weighted by Gasteiger charge is 2.31. The lowest BCUT2D eigenvalue weighted by molar-refractivity contribution is -0.892. The number of hydrogen-bond donors (Lipinski definition) is 1. The molecule has 0 bridgehead atoms. The van der Waals surface area contributed by atoms with Crippen LogP contribution in [0.2, 0.25) is 0 Å². The lowest BCUT2D eigenvalue weighted by atomic mass is 10.0. The summed E-state index contributed by atoms with van der Waals surface area (Å²) >= 11 is 0. The number of hydrogen-bond acceptors (Lipinski definition) is 4. The topological polar surface area (TPSA) is 49.6 Å². The van der Waals surface area contributed by atoms with Gasteiger partial charge < -0.3 is 14.5 Å². The zero-order valence-corrected chi connectivity index (χ0v) is 16.3. The largest absolute Gasteiger partial charge is 0.495 e. The number of quaternary nitrogens is 1. The molecule has 4 rings (SSSR count). The van der Waals surface area contributed by atoms with Crippen LogP contribution in [-0.4, -0.2) is 57.0 Å². The van der Waals surface area contributed by atoms with Gasteiger partial charge in [-0.2, -0.15) is 5.10 Å². The number of carbonyl (C=O) groups excluding carboxylic acids is 1. The molecule has 1 N–H and O–H groups in total. The number of ether oxygens (including phenoxy) is 1. The van der Waals surface area contributed by atoms with Crippen molar-refractivity contribution in [1.82, 2.24) is 5.01 Å². The number of hydrazone groups is 1. The number of nitrogens with one attached hydrogen (secondary N) is 1. The lowest BCUT2D eigenvalue weighted by Gasteiger charge is -2.34. The highest BCUT2D eigenvalue weighted by Crippen LogP contribution is 2.28. The highest BCUT2D eigenvalue weighted by atomic mass is 16.5. The summed E-state index contributed by atoms with van der Waals surface area (Å²) in [6, 6.07) is 18.3. The number of amides is 1. The van der Waals surface area contributed by atoms with Gasteiger partial charge in [0.15, 0.2) is 6.54 Å². The second-order valence-corrected chi connectivity index (χ2v) is 7.28. The third-order valence-corrected chi connectivity index (χ3v) is 5.57. The SMILES string of the molecule is COc1ccccc1N1CC[NH+](CC(=O)N2N=CC[C@H]2c2ccccc2)CC1. The van der Waals surface area contributed by atoms with E-state index in [1.807, 2.05) is 42.6 Å². The molecule has 0 spiro atoms. The monoisotopic (exact) mass is 379 g/mol. The molecule has 2 aliphatic rings. The van der Waals surface area contributed by atoms with Crippen LogP contribution in [0, 0.1) is 0 Å². The summed E-state index contributed by atoms with van der Waals surface area (Å²) in [5.41, 5.74) is 2.27. The molecular formula is C22H27N4O2+. The van der Waals surface area contributed by atoms with Crippen molar-refractivity contribution in [2.45, 2.75) is 12.5 Å². The van der Waals surface area contributed by atoms with Gasteiger partial charge in [-0.1, -0.05) is 42.5 Å². The van der Waals surface area contributed by atoms with Gasteiger partial charge >= 0.3 is 0 Å². The molecule has 0 radical (unpaired) electrons. The molecule has 2 aliphatic heterocycles. The fourth-order valence-electron chi connectivity index (χ4n) is 4.03. The van der Waals surface area contributed by atoms with Crippen LogP contribution >= 0.6 is 0 Å². The van der Waals surface area contributed by atoms with Crippen LogP contribution in [0.25, 0.3) is 0 Å². The van der Waals surface area contributed by atoms with Crippen LogP contribution in [0.5, 0.6) is 5.75 Å². The molecule has 1 fully saturated rings. The van der Waals surface area contributed by atoms with E-state index in [0.29, 0.717) is 6.54 Å². The smallest absolute Gasteiger partial charge is 0.298 e. The standard InChI is InChI=1S/C22H26N4O2/c1-28-21-10-6-5-9-20(21)25-15-13-24(14-16-25)17-22(27)26-19(11-12-23-26)18-7-3-2-4-8-18/h2-10,12,19H,11,13-17H2,1H3/p+1/t19-/m0/s1. The minimum atomic E-state index is 0.0305. The minimum absolute atomic E-state index is 0.0305. The number of anilines is 1. The zero-order chi connectivity index (χ0) is 19.3. The Kier molecular flexibility index (Phi) is 5.58. The van der Waals surface area contributed by atoms with E-state index < -0.39 is 0 Å². The Labute approximate surface area is 166 Å². The number of carbonyl (C=O) groups is 1. The maximum atomic E-state index is 12.9. The Morgan fingerprint density at radius 3 is 2.57 bits per heavy atom.